The lowest BCUT2D eigenvalue weighted by atomic mass is 10.0. The third-order valence-electron chi connectivity index (χ3n) is 5.46. The highest BCUT2D eigenvalue weighted by Gasteiger charge is 2.29. The molecule has 3 aromatic rings. The Balaban J connectivity index is 1.46. The number of piperazine rings is 1. The Morgan fingerprint density at radius 1 is 1.17 bits per heavy atom. The largest absolute Gasteiger partial charge is 0.494 e. The van der Waals surface area contributed by atoms with Gasteiger partial charge in [-0.3, -0.25) is 4.90 Å². The van der Waals surface area contributed by atoms with Crippen LogP contribution in [0.15, 0.2) is 52.6 Å². The fourth-order valence-corrected chi connectivity index (χ4v) is 4.43. The smallest absolute Gasteiger partial charge is 0.199 e. The van der Waals surface area contributed by atoms with Gasteiger partial charge in [0, 0.05) is 52.8 Å². The molecular weight excluding hydrogens is 493 g/mol. The van der Waals surface area contributed by atoms with Crippen molar-refractivity contribution in [3.05, 3.63) is 57.2 Å². The standard InChI is InChI=1S/C22H22IN5O2/c23-14-5-6-18-16(13-14)19(22(29)26-18)21-20(15-3-1-2-4-17(15)25-21)27-30-12-11-28-9-7-24-8-10-28/h1-6,13,24,26,29H,7-12H2/b27-20+. The van der Waals surface area contributed by atoms with E-state index < -0.39 is 0 Å². The van der Waals surface area contributed by atoms with Crippen LogP contribution in [0, 0.1) is 3.57 Å². The highest BCUT2D eigenvalue weighted by atomic mass is 127. The van der Waals surface area contributed by atoms with Crippen LogP contribution in [0.5, 0.6) is 5.88 Å². The Bertz CT molecular complexity index is 1150. The summed E-state index contributed by atoms with van der Waals surface area (Å²) in [4.78, 5) is 15.9. The van der Waals surface area contributed by atoms with Crippen molar-refractivity contribution in [2.75, 3.05) is 39.3 Å². The first-order valence-corrected chi connectivity index (χ1v) is 11.1. The predicted molar refractivity (Wildman–Crippen MR) is 127 cm³/mol. The Morgan fingerprint density at radius 2 is 2.00 bits per heavy atom. The maximum absolute atomic E-state index is 10.7. The average molecular weight is 515 g/mol. The van der Waals surface area contributed by atoms with Gasteiger partial charge in [0.1, 0.15) is 18.0 Å². The minimum absolute atomic E-state index is 0.0899. The number of fused-ring (bicyclic) bond motifs is 2. The van der Waals surface area contributed by atoms with Gasteiger partial charge in [-0.25, -0.2) is 4.99 Å². The first kappa shape index (κ1) is 19.5. The molecule has 0 spiro atoms. The van der Waals surface area contributed by atoms with Crippen LogP contribution >= 0.6 is 22.6 Å². The van der Waals surface area contributed by atoms with Crippen molar-refractivity contribution in [3.8, 4) is 5.88 Å². The number of nitrogens with one attached hydrogen (secondary N) is 2. The summed E-state index contributed by atoms with van der Waals surface area (Å²) in [6.45, 7) is 5.42. The molecule has 0 atom stereocenters. The number of nitrogens with zero attached hydrogens (tertiary/aromatic N) is 3. The van der Waals surface area contributed by atoms with Gasteiger partial charge in [-0.15, -0.1) is 0 Å². The fourth-order valence-electron chi connectivity index (χ4n) is 3.94. The first-order chi connectivity index (χ1) is 14.7. The molecule has 2 aromatic carbocycles. The van der Waals surface area contributed by atoms with Gasteiger partial charge in [0.15, 0.2) is 5.88 Å². The van der Waals surface area contributed by atoms with Gasteiger partial charge >= 0.3 is 0 Å². The van der Waals surface area contributed by atoms with E-state index in [1.54, 1.807) is 0 Å². The second-order valence-electron chi connectivity index (χ2n) is 7.38. The van der Waals surface area contributed by atoms with Crippen LogP contribution in [0.1, 0.15) is 11.1 Å². The molecule has 1 aromatic heterocycles. The summed E-state index contributed by atoms with van der Waals surface area (Å²) in [5.74, 6) is 0.0899. The topological polar surface area (TPSA) is 85.2 Å². The van der Waals surface area contributed by atoms with Crippen LogP contribution < -0.4 is 5.32 Å². The van der Waals surface area contributed by atoms with Crippen LogP contribution in [0.3, 0.4) is 0 Å². The zero-order valence-electron chi connectivity index (χ0n) is 16.4. The van der Waals surface area contributed by atoms with Crippen LogP contribution in [-0.2, 0) is 4.84 Å². The second kappa shape index (κ2) is 8.37. The van der Waals surface area contributed by atoms with E-state index >= 15 is 0 Å². The zero-order valence-corrected chi connectivity index (χ0v) is 18.5. The number of aliphatic imine (C=N–C) groups is 1. The number of H-pyrrole nitrogens is 1. The van der Waals surface area contributed by atoms with E-state index in [2.05, 4.69) is 42.9 Å². The molecule has 3 heterocycles. The van der Waals surface area contributed by atoms with E-state index in [1.807, 2.05) is 42.5 Å². The number of rotatable bonds is 5. The molecule has 7 nitrogen and oxygen atoms in total. The summed E-state index contributed by atoms with van der Waals surface area (Å²) in [7, 11) is 0. The number of aromatic nitrogens is 1. The van der Waals surface area contributed by atoms with E-state index in [0.717, 1.165) is 58.4 Å². The van der Waals surface area contributed by atoms with E-state index in [-0.39, 0.29) is 5.88 Å². The van der Waals surface area contributed by atoms with E-state index in [0.29, 0.717) is 23.6 Å². The van der Waals surface area contributed by atoms with Crippen LogP contribution in [0.25, 0.3) is 10.9 Å². The lowest BCUT2D eigenvalue weighted by Gasteiger charge is -2.26. The maximum Gasteiger partial charge on any atom is 0.199 e. The summed E-state index contributed by atoms with van der Waals surface area (Å²) >= 11 is 2.27. The predicted octanol–water partition coefficient (Wildman–Crippen LogP) is 3.24. The van der Waals surface area contributed by atoms with E-state index in [4.69, 9.17) is 9.83 Å². The number of hydrogen-bond acceptors (Lipinski definition) is 6. The van der Waals surface area contributed by atoms with Gasteiger partial charge < -0.3 is 20.2 Å². The summed E-state index contributed by atoms with van der Waals surface area (Å²) < 4.78 is 1.09. The average Bonchev–Trinajstić information content (AvgIpc) is 3.28. The molecule has 0 bridgehead atoms. The molecule has 5 rings (SSSR count). The van der Waals surface area contributed by atoms with Crippen molar-refractivity contribution in [2.45, 2.75) is 0 Å². The Labute approximate surface area is 188 Å². The SMILES string of the molecule is Oc1[nH]c2ccc(I)cc2c1C1=Nc2ccccc2/C1=N\OCCN1CCNCC1. The van der Waals surface area contributed by atoms with E-state index in [9.17, 15) is 5.11 Å². The number of aromatic amines is 1. The van der Waals surface area contributed by atoms with Gasteiger partial charge in [-0.05, 0) is 46.9 Å². The molecule has 30 heavy (non-hydrogen) atoms. The number of benzene rings is 2. The highest BCUT2D eigenvalue weighted by molar-refractivity contribution is 14.1. The number of para-hydroxylation sites is 1. The maximum atomic E-state index is 10.7. The van der Waals surface area contributed by atoms with Crippen molar-refractivity contribution >= 4 is 50.6 Å². The minimum Gasteiger partial charge on any atom is -0.494 e. The third kappa shape index (κ3) is 3.70. The first-order valence-electron chi connectivity index (χ1n) is 10.0. The molecule has 0 saturated carbocycles. The highest BCUT2D eigenvalue weighted by Crippen LogP contribution is 2.36. The van der Waals surface area contributed by atoms with Gasteiger partial charge in [-0.2, -0.15) is 0 Å². The lowest BCUT2D eigenvalue weighted by molar-refractivity contribution is 0.106. The number of hydrogen-bond donors (Lipinski definition) is 3. The molecule has 2 aliphatic rings. The fraction of sp³-hybridized carbons (Fsp3) is 0.273. The Kier molecular flexibility index (Phi) is 5.45. The third-order valence-corrected chi connectivity index (χ3v) is 6.13. The summed E-state index contributed by atoms with van der Waals surface area (Å²) in [6, 6.07) is 13.9. The molecule has 0 unspecified atom stereocenters. The van der Waals surface area contributed by atoms with Crippen molar-refractivity contribution in [2.24, 2.45) is 10.1 Å². The molecular formula is C22H22IN5O2. The monoisotopic (exact) mass is 515 g/mol. The second-order valence-corrected chi connectivity index (χ2v) is 8.63. The summed E-state index contributed by atoms with van der Waals surface area (Å²) in [5.41, 5.74) is 4.54. The number of aromatic hydroxyl groups is 1. The molecule has 0 aliphatic carbocycles. The molecule has 3 N–H and O–H groups in total. The molecule has 2 aliphatic heterocycles. The van der Waals surface area contributed by atoms with Crippen LogP contribution in [0.2, 0.25) is 0 Å². The molecule has 154 valence electrons. The molecule has 1 saturated heterocycles. The molecule has 1 fully saturated rings. The van der Waals surface area contributed by atoms with Crippen molar-refractivity contribution in [1.29, 1.82) is 0 Å². The van der Waals surface area contributed by atoms with Gasteiger partial charge in [-0.1, -0.05) is 23.4 Å². The molecule has 0 amide bonds. The van der Waals surface area contributed by atoms with Crippen LogP contribution in [0.4, 0.5) is 5.69 Å². The number of halogens is 1. The Hall–Kier alpha value is -2.43. The minimum atomic E-state index is 0.0899. The van der Waals surface area contributed by atoms with Crippen molar-refractivity contribution in [3.63, 3.8) is 0 Å². The lowest BCUT2D eigenvalue weighted by Crippen LogP contribution is -2.44. The van der Waals surface area contributed by atoms with E-state index in [1.165, 1.54) is 0 Å². The number of oxime groups is 1. The van der Waals surface area contributed by atoms with Crippen molar-refractivity contribution in [1.82, 2.24) is 15.2 Å². The molecule has 8 heteroatoms. The normalized spacial score (nSPS) is 18.0. The zero-order chi connectivity index (χ0) is 20.5. The van der Waals surface area contributed by atoms with Gasteiger partial charge in [0.2, 0.25) is 0 Å². The van der Waals surface area contributed by atoms with Gasteiger partial charge in [0.25, 0.3) is 0 Å². The van der Waals surface area contributed by atoms with Crippen molar-refractivity contribution < 1.29 is 9.94 Å². The summed E-state index contributed by atoms with van der Waals surface area (Å²) in [6.07, 6.45) is 0. The quantitative estimate of drug-likeness (QED) is 0.277. The Morgan fingerprint density at radius 3 is 2.87 bits per heavy atom. The molecule has 0 radical (unpaired) electrons. The van der Waals surface area contributed by atoms with Gasteiger partial charge in [0.05, 0.1) is 11.3 Å². The summed E-state index contributed by atoms with van der Waals surface area (Å²) in [5, 5.41) is 19.4. The van der Waals surface area contributed by atoms with Crippen LogP contribution in [-0.4, -0.2) is 65.7 Å².